The Morgan fingerprint density at radius 1 is 1.11 bits per heavy atom. The number of aldehydes is 1. The molecule has 0 radical (unpaired) electrons. The number of halogens is 2. The molecular weight excluding hydrogens is 252 g/mol. The van der Waals surface area contributed by atoms with Crippen molar-refractivity contribution in [1.82, 2.24) is 14.6 Å². The number of pyridine rings is 1. The lowest BCUT2D eigenvalue weighted by atomic mass is 10.2. The van der Waals surface area contributed by atoms with E-state index in [1.807, 2.05) is 0 Å². The van der Waals surface area contributed by atoms with Crippen LogP contribution < -0.4 is 0 Å². The van der Waals surface area contributed by atoms with Gasteiger partial charge in [-0.2, -0.15) is 0 Å². The molecule has 6 heteroatoms. The molecule has 1 aromatic carbocycles. The fourth-order valence-corrected chi connectivity index (χ4v) is 1.73. The number of aromatic nitrogens is 3. The fraction of sp³-hybridized carbons (Fsp3) is 0. The first-order chi connectivity index (χ1) is 9.17. The van der Waals surface area contributed by atoms with E-state index < -0.39 is 11.6 Å². The second kappa shape index (κ2) is 4.24. The third-order valence-corrected chi connectivity index (χ3v) is 2.67. The van der Waals surface area contributed by atoms with Gasteiger partial charge in [0, 0.05) is 17.3 Å². The Morgan fingerprint density at radius 3 is 2.68 bits per heavy atom. The summed E-state index contributed by atoms with van der Waals surface area (Å²) in [6, 6.07) is 6.68. The Kier molecular flexibility index (Phi) is 2.56. The van der Waals surface area contributed by atoms with Gasteiger partial charge < -0.3 is 0 Å². The smallest absolute Gasteiger partial charge is 0.182 e. The summed E-state index contributed by atoms with van der Waals surface area (Å²) in [5, 5.41) is 4.12. The van der Waals surface area contributed by atoms with Crippen LogP contribution in [0.3, 0.4) is 0 Å². The summed E-state index contributed by atoms with van der Waals surface area (Å²) in [6.45, 7) is 0. The molecular formula is C13H7F2N3O. The molecule has 0 fully saturated rings. The third-order valence-electron chi connectivity index (χ3n) is 2.67. The highest BCUT2D eigenvalue weighted by atomic mass is 19.2. The van der Waals surface area contributed by atoms with Gasteiger partial charge in [0.25, 0.3) is 0 Å². The summed E-state index contributed by atoms with van der Waals surface area (Å²) in [5.74, 6) is -1.61. The fourth-order valence-electron chi connectivity index (χ4n) is 1.73. The first-order valence-corrected chi connectivity index (χ1v) is 5.44. The van der Waals surface area contributed by atoms with Crippen LogP contribution in [-0.2, 0) is 0 Å². The molecule has 2 heterocycles. The van der Waals surface area contributed by atoms with Crippen molar-refractivity contribution in [3.63, 3.8) is 0 Å². The number of nitrogens with zero attached hydrogens (tertiary/aromatic N) is 3. The Morgan fingerprint density at radius 2 is 1.95 bits per heavy atom. The minimum atomic E-state index is -0.954. The van der Waals surface area contributed by atoms with Crippen molar-refractivity contribution >= 4 is 11.9 Å². The van der Waals surface area contributed by atoms with Gasteiger partial charge in [-0.3, -0.25) is 4.79 Å². The maximum absolute atomic E-state index is 13.2. The van der Waals surface area contributed by atoms with Gasteiger partial charge in [0.2, 0.25) is 0 Å². The lowest BCUT2D eigenvalue weighted by molar-refractivity contribution is 0.112. The van der Waals surface area contributed by atoms with Gasteiger partial charge in [-0.15, -0.1) is 5.10 Å². The largest absolute Gasteiger partial charge is 0.298 e. The first kappa shape index (κ1) is 11.5. The van der Waals surface area contributed by atoms with Gasteiger partial charge in [-0.05, 0) is 30.3 Å². The molecule has 0 bridgehead atoms. The monoisotopic (exact) mass is 259 g/mol. The average molecular weight is 259 g/mol. The van der Waals surface area contributed by atoms with E-state index in [2.05, 4.69) is 10.1 Å². The van der Waals surface area contributed by atoms with Gasteiger partial charge in [-0.1, -0.05) is 0 Å². The Balaban J connectivity index is 2.14. The second-order valence-corrected chi connectivity index (χ2v) is 3.95. The summed E-state index contributed by atoms with van der Waals surface area (Å²) in [4.78, 5) is 14.8. The quantitative estimate of drug-likeness (QED) is 0.664. The zero-order valence-corrected chi connectivity index (χ0v) is 9.55. The van der Waals surface area contributed by atoms with Crippen LogP contribution in [0.1, 0.15) is 10.4 Å². The highest BCUT2D eigenvalue weighted by molar-refractivity contribution is 5.75. The van der Waals surface area contributed by atoms with Crippen molar-refractivity contribution in [2.75, 3.05) is 0 Å². The molecule has 0 aliphatic rings. The van der Waals surface area contributed by atoms with Crippen molar-refractivity contribution in [3.8, 4) is 11.4 Å². The molecule has 0 amide bonds. The van der Waals surface area contributed by atoms with E-state index in [-0.39, 0.29) is 5.82 Å². The maximum atomic E-state index is 13.2. The topological polar surface area (TPSA) is 47.3 Å². The summed E-state index contributed by atoms with van der Waals surface area (Å²) < 4.78 is 27.4. The van der Waals surface area contributed by atoms with E-state index in [9.17, 15) is 13.6 Å². The highest BCUT2D eigenvalue weighted by Gasteiger charge is 2.09. The van der Waals surface area contributed by atoms with E-state index in [0.717, 1.165) is 12.1 Å². The molecule has 0 atom stereocenters. The van der Waals surface area contributed by atoms with Crippen molar-refractivity contribution < 1.29 is 13.6 Å². The Hall–Kier alpha value is -2.63. The second-order valence-electron chi connectivity index (χ2n) is 3.95. The van der Waals surface area contributed by atoms with E-state index >= 15 is 0 Å². The number of benzene rings is 1. The molecule has 0 saturated heterocycles. The molecule has 0 spiro atoms. The van der Waals surface area contributed by atoms with Crippen LogP contribution >= 0.6 is 0 Å². The summed E-state index contributed by atoms with van der Waals surface area (Å²) in [7, 11) is 0. The van der Waals surface area contributed by atoms with Crippen molar-refractivity contribution in [1.29, 1.82) is 0 Å². The molecule has 3 aromatic rings. The Bertz CT molecular complexity index is 783. The van der Waals surface area contributed by atoms with Crippen LogP contribution in [-0.4, -0.2) is 20.9 Å². The third kappa shape index (κ3) is 1.97. The number of fused-ring (bicyclic) bond motifs is 1. The minimum absolute atomic E-state index is 0.266. The van der Waals surface area contributed by atoms with Crippen LogP contribution in [0.15, 0.2) is 36.5 Å². The van der Waals surface area contributed by atoms with Crippen LogP contribution in [0.4, 0.5) is 8.78 Å². The van der Waals surface area contributed by atoms with Crippen LogP contribution in [0.25, 0.3) is 17.0 Å². The van der Waals surface area contributed by atoms with E-state index in [4.69, 9.17) is 0 Å². The molecule has 4 nitrogen and oxygen atoms in total. The molecule has 2 aromatic heterocycles. The summed E-state index contributed by atoms with van der Waals surface area (Å²) >= 11 is 0. The zero-order valence-electron chi connectivity index (χ0n) is 9.55. The van der Waals surface area contributed by atoms with Gasteiger partial charge in [0.15, 0.2) is 29.4 Å². The molecule has 3 rings (SSSR count). The molecule has 0 N–H and O–H groups in total. The number of carbonyl (C=O) groups excluding carboxylic acids is 1. The lowest BCUT2D eigenvalue weighted by Gasteiger charge is -1.95. The van der Waals surface area contributed by atoms with E-state index in [1.165, 1.54) is 16.8 Å². The average Bonchev–Trinajstić information content (AvgIpc) is 2.84. The predicted molar refractivity (Wildman–Crippen MR) is 63.7 cm³/mol. The van der Waals surface area contributed by atoms with Gasteiger partial charge >= 0.3 is 0 Å². The van der Waals surface area contributed by atoms with Crippen LogP contribution in [0, 0.1) is 11.6 Å². The molecule has 0 aliphatic carbocycles. The van der Waals surface area contributed by atoms with E-state index in [0.29, 0.717) is 23.1 Å². The SMILES string of the molecule is O=Cc1ccc2nc(-c3ccc(F)c(F)c3)nn2c1. The number of hydrogen-bond donors (Lipinski definition) is 0. The number of rotatable bonds is 2. The number of carbonyl (C=O) groups is 1. The van der Waals surface area contributed by atoms with Crippen LogP contribution in [0.5, 0.6) is 0 Å². The lowest BCUT2D eigenvalue weighted by Crippen LogP contribution is -1.90. The zero-order chi connectivity index (χ0) is 13.4. The van der Waals surface area contributed by atoms with Crippen molar-refractivity contribution in [2.24, 2.45) is 0 Å². The maximum Gasteiger partial charge on any atom is 0.182 e. The van der Waals surface area contributed by atoms with Crippen LogP contribution in [0.2, 0.25) is 0 Å². The minimum Gasteiger partial charge on any atom is -0.298 e. The Labute approximate surface area is 106 Å². The summed E-state index contributed by atoms with van der Waals surface area (Å²) in [6.07, 6.45) is 2.21. The normalized spacial score (nSPS) is 10.8. The molecule has 19 heavy (non-hydrogen) atoms. The summed E-state index contributed by atoms with van der Waals surface area (Å²) in [5.41, 5.74) is 1.34. The van der Waals surface area contributed by atoms with Crippen molar-refractivity contribution in [3.05, 3.63) is 53.7 Å². The predicted octanol–water partition coefficient (Wildman–Crippen LogP) is 2.49. The van der Waals surface area contributed by atoms with Gasteiger partial charge in [0.05, 0.1) is 0 Å². The van der Waals surface area contributed by atoms with Gasteiger partial charge in [-0.25, -0.2) is 18.3 Å². The van der Waals surface area contributed by atoms with Gasteiger partial charge in [0.1, 0.15) is 0 Å². The molecule has 0 aliphatic heterocycles. The van der Waals surface area contributed by atoms with E-state index in [1.54, 1.807) is 12.1 Å². The van der Waals surface area contributed by atoms with Crippen molar-refractivity contribution in [2.45, 2.75) is 0 Å². The molecule has 94 valence electrons. The molecule has 0 saturated carbocycles. The number of hydrogen-bond acceptors (Lipinski definition) is 3. The molecule has 0 unspecified atom stereocenters. The first-order valence-electron chi connectivity index (χ1n) is 5.44. The standard InChI is InChI=1S/C13H7F2N3O/c14-10-3-2-9(5-11(10)15)13-16-12-4-1-8(7-19)6-18(12)17-13/h1-7H. The highest BCUT2D eigenvalue weighted by Crippen LogP contribution is 2.19.